The van der Waals surface area contributed by atoms with Gasteiger partial charge in [-0.15, -0.1) is 0 Å². The van der Waals surface area contributed by atoms with Gasteiger partial charge < -0.3 is 10.1 Å². The van der Waals surface area contributed by atoms with Gasteiger partial charge in [0.25, 0.3) is 0 Å². The minimum atomic E-state index is -0.632. The summed E-state index contributed by atoms with van der Waals surface area (Å²) >= 11 is 0. The number of carbonyl (C=O) groups excluding carboxylic acids is 1. The summed E-state index contributed by atoms with van der Waals surface area (Å²) < 4.78 is 4.59. The number of hydrogen-bond acceptors (Lipinski definition) is 4. The number of nitriles is 1. The van der Waals surface area contributed by atoms with Crippen molar-refractivity contribution < 1.29 is 9.53 Å². The van der Waals surface area contributed by atoms with Gasteiger partial charge in [0.2, 0.25) is 0 Å². The largest absolute Gasteiger partial charge is 0.465 e. The van der Waals surface area contributed by atoms with Crippen LogP contribution in [-0.2, 0) is 4.74 Å². The Morgan fingerprint density at radius 2 is 1.94 bits per heavy atom. The number of hydrogen-bond donors (Lipinski definition) is 1. The fourth-order valence-corrected chi connectivity index (χ4v) is 1.20. The number of methoxy groups -OCH3 is 1. The van der Waals surface area contributed by atoms with Crippen molar-refractivity contribution in [3.05, 3.63) is 29.8 Å². The third-order valence-electron chi connectivity index (χ3n) is 2.04. The maximum absolute atomic E-state index is 11.2. The highest BCUT2D eigenvalue weighted by Crippen LogP contribution is 2.15. The van der Waals surface area contributed by atoms with Crippen LogP contribution in [-0.4, -0.2) is 18.6 Å². The van der Waals surface area contributed by atoms with E-state index in [4.69, 9.17) is 5.26 Å². The van der Waals surface area contributed by atoms with Crippen molar-refractivity contribution >= 4 is 11.7 Å². The summed E-state index contributed by atoms with van der Waals surface area (Å²) in [6.07, 6.45) is 0. The van der Waals surface area contributed by atoms with Crippen molar-refractivity contribution in [2.24, 2.45) is 0 Å². The molecule has 1 rings (SSSR count). The summed E-state index contributed by atoms with van der Waals surface area (Å²) in [4.78, 5) is 11.2. The van der Waals surface area contributed by atoms with Gasteiger partial charge in [0, 0.05) is 5.69 Å². The lowest BCUT2D eigenvalue weighted by molar-refractivity contribution is 0.0601. The third kappa shape index (κ3) is 2.99. The van der Waals surface area contributed by atoms with Crippen LogP contribution >= 0.6 is 0 Å². The van der Waals surface area contributed by atoms with Crippen molar-refractivity contribution in [2.75, 3.05) is 12.4 Å². The van der Waals surface area contributed by atoms with E-state index in [1.165, 1.54) is 7.11 Å². The molecule has 1 aromatic rings. The Labute approximate surface area is 94.8 Å². The van der Waals surface area contributed by atoms with Crippen molar-refractivity contribution in [1.29, 1.82) is 5.26 Å². The van der Waals surface area contributed by atoms with Gasteiger partial charge in [-0.25, -0.2) is 4.79 Å². The number of benzene rings is 1. The normalized spacial score (nSPS) is 10.4. The molecule has 0 unspecified atom stereocenters. The van der Waals surface area contributed by atoms with E-state index in [1.807, 2.05) is 0 Å². The third-order valence-corrected chi connectivity index (χ3v) is 2.04. The van der Waals surface area contributed by atoms with Gasteiger partial charge in [-0.1, -0.05) is 0 Å². The molecule has 0 heterocycles. The van der Waals surface area contributed by atoms with E-state index in [2.05, 4.69) is 16.1 Å². The lowest BCUT2D eigenvalue weighted by Crippen LogP contribution is -2.28. The molecule has 0 aromatic heterocycles. The van der Waals surface area contributed by atoms with Crippen LogP contribution in [0.5, 0.6) is 0 Å². The molecule has 1 aromatic carbocycles. The van der Waals surface area contributed by atoms with E-state index in [-0.39, 0.29) is 5.97 Å². The molecule has 1 N–H and O–H groups in total. The van der Waals surface area contributed by atoms with Crippen LogP contribution in [0.15, 0.2) is 24.3 Å². The number of nitrogens with one attached hydrogen (secondary N) is 1. The molecule has 0 spiro atoms. The number of nitrogens with zero attached hydrogens (tertiary/aromatic N) is 1. The van der Waals surface area contributed by atoms with Crippen LogP contribution in [0.4, 0.5) is 5.69 Å². The van der Waals surface area contributed by atoms with Gasteiger partial charge >= 0.3 is 5.97 Å². The van der Waals surface area contributed by atoms with E-state index in [1.54, 1.807) is 38.1 Å². The summed E-state index contributed by atoms with van der Waals surface area (Å²) in [6, 6.07) is 8.93. The lowest BCUT2D eigenvalue weighted by atomic mass is 10.1. The number of ether oxygens (including phenoxy) is 1. The van der Waals surface area contributed by atoms with Gasteiger partial charge in [0.15, 0.2) is 0 Å². The van der Waals surface area contributed by atoms with Gasteiger partial charge in [-0.05, 0) is 38.1 Å². The van der Waals surface area contributed by atoms with Crippen molar-refractivity contribution in [1.82, 2.24) is 0 Å². The molecule has 16 heavy (non-hydrogen) atoms. The average Bonchev–Trinajstić information content (AvgIpc) is 2.28. The molecule has 4 heteroatoms. The molecule has 0 fully saturated rings. The Hall–Kier alpha value is -2.02. The van der Waals surface area contributed by atoms with Crippen LogP contribution in [0, 0.1) is 11.3 Å². The number of carbonyl (C=O) groups is 1. The summed E-state index contributed by atoms with van der Waals surface area (Å²) in [5, 5.41) is 11.9. The highest BCUT2D eigenvalue weighted by atomic mass is 16.5. The number of anilines is 1. The first-order valence-electron chi connectivity index (χ1n) is 4.86. The second kappa shape index (κ2) is 4.67. The topological polar surface area (TPSA) is 62.1 Å². The summed E-state index contributed by atoms with van der Waals surface area (Å²) in [6.45, 7) is 3.56. The van der Waals surface area contributed by atoms with Crippen LogP contribution < -0.4 is 5.32 Å². The van der Waals surface area contributed by atoms with Crippen LogP contribution in [0.2, 0.25) is 0 Å². The molecular formula is C12H14N2O2. The zero-order chi connectivity index (χ0) is 12.2. The molecule has 0 amide bonds. The van der Waals surface area contributed by atoms with Gasteiger partial charge in [-0.3, -0.25) is 0 Å². The quantitative estimate of drug-likeness (QED) is 0.790. The molecule has 0 saturated heterocycles. The molecule has 84 valence electrons. The van der Waals surface area contributed by atoms with E-state index < -0.39 is 5.54 Å². The van der Waals surface area contributed by atoms with Gasteiger partial charge in [0.1, 0.15) is 5.54 Å². The maximum Gasteiger partial charge on any atom is 0.337 e. The second-order valence-electron chi connectivity index (χ2n) is 3.93. The molecule has 0 aliphatic carbocycles. The Bertz CT molecular complexity index is 416. The fraction of sp³-hybridized carbons (Fsp3) is 0.333. The monoisotopic (exact) mass is 218 g/mol. The average molecular weight is 218 g/mol. The molecule has 0 aliphatic heterocycles. The first-order valence-corrected chi connectivity index (χ1v) is 4.86. The van der Waals surface area contributed by atoms with Gasteiger partial charge in [0.05, 0.1) is 18.7 Å². The van der Waals surface area contributed by atoms with Crippen molar-refractivity contribution in [3.8, 4) is 6.07 Å². The molecule has 0 saturated carbocycles. The molecule has 0 atom stereocenters. The van der Waals surface area contributed by atoms with Gasteiger partial charge in [-0.2, -0.15) is 5.26 Å². The highest BCUT2D eigenvalue weighted by Gasteiger charge is 2.15. The SMILES string of the molecule is COC(=O)c1ccc(NC(C)(C)C#N)cc1. The minimum Gasteiger partial charge on any atom is -0.465 e. The number of rotatable bonds is 3. The summed E-state index contributed by atoms with van der Waals surface area (Å²) in [5.41, 5.74) is 0.647. The zero-order valence-corrected chi connectivity index (χ0v) is 9.57. The Morgan fingerprint density at radius 3 is 2.38 bits per heavy atom. The van der Waals surface area contributed by atoms with E-state index in [0.717, 1.165) is 5.69 Å². The summed E-state index contributed by atoms with van der Waals surface area (Å²) in [7, 11) is 1.34. The van der Waals surface area contributed by atoms with E-state index >= 15 is 0 Å². The lowest BCUT2D eigenvalue weighted by Gasteiger charge is -2.18. The van der Waals surface area contributed by atoms with E-state index in [9.17, 15) is 4.79 Å². The van der Waals surface area contributed by atoms with Crippen LogP contribution in [0.3, 0.4) is 0 Å². The number of esters is 1. The molecule has 0 aliphatic rings. The predicted molar refractivity (Wildman–Crippen MR) is 61.1 cm³/mol. The Morgan fingerprint density at radius 1 is 1.38 bits per heavy atom. The zero-order valence-electron chi connectivity index (χ0n) is 9.57. The Balaban J connectivity index is 2.81. The fourth-order valence-electron chi connectivity index (χ4n) is 1.20. The predicted octanol–water partition coefficient (Wildman–Crippen LogP) is 2.19. The highest BCUT2D eigenvalue weighted by molar-refractivity contribution is 5.89. The first kappa shape index (κ1) is 12.1. The maximum atomic E-state index is 11.2. The smallest absolute Gasteiger partial charge is 0.337 e. The second-order valence-corrected chi connectivity index (χ2v) is 3.93. The molecular weight excluding hydrogens is 204 g/mol. The minimum absolute atomic E-state index is 0.369. The molecule has 0 bridgehead atoms. The van der Waals surface area contributed by atoms with Crippen molar-refractivity contribution in [3.63, 3.8) is 0 Å². The van der Waals surface area contributed by atoms with E-state index in [0.29, 0.717) is 5.56 Å². The Kier molecular flexibility index (Phi) is 3.51. The van der Waals surface area contributed by atoms with Crippen LogP contribution in [0.25, 0.3) is 0 Å². The van der Waals surface area contributed by atoms with Crippen LogP contribution in [0.1, 0.15) is 24.2 Å². The first-order chi connectivity index (χ1) is 7.48. The standard InChI is InChI=1S/C12H14N2O2/c1-12(2,8-13)14-10-6-4-9(5-7-10)11(15)16-3/h4-7,14H,1-3H3. The molecule has 0 radical (unpaired) electrons. The summed E-state index contributed by atoms with van der Waals surface area (Å²) in [5.74, 6) is -0.369. The molecule has 4 nitrogen and oxygen atoms in total. The van der Waals surface area contributed by atoms with Crippen molar-refractivity contribution in [2.45, 2.75) is 19.4 Å².